The van der Waals surface area contributed by atoms with Gasteiger partial charge in [-0.2, -0.15) is 0 Å². The Morgan fingerprint density at radius 3 is 2.95 bits per heavy atom. The van der Waals surface area contributed by atoms with Crippen LogP contribution in [0.5, 0.6) is 11.5 Å². The summed E-state index contributed by atoms with van der Waals surface area (Å²) in [5, 5.41) is 10.3. The second-order valence-corrected chi connectivity index (χ2v) is 5.36. The number of aliphatic hydroxyl groups is 1. The number of hydrogen-bond acceptors (Lipinski definition) is 3. The first-order valence-electron chi connectivity index (χ1n) is 6.95. The monoisotopic (exact) mass is 260 g/mol. The molecule has 2 unspecified atom stereocenters. The molecule has 0 saturated heterocycles. The molecule has 0 aromatic heterocycles. The van der Waals surface area contributed by atoms with E-state index in [2.05, 4.69) is 12.2 Å². The van der Waals surface area contributed by atoms with E-state index >= 15 is 0 Å². The van der Waals surface area contributed by atoms with E-state index in [0.717, 1.165) is 36.3 Å². The molecule has 1 aromatic carbocycles. The molecule has 0 saturated carbocycles. The van der Waals surface area contributed by atoms with Gasteiger partial charge in [-0.3, -0.25) is 0 Å². The summed E-state index contributed by atoms with van der Waals surface area (Å²) in [6.07, 6.45) is 8.15. The van der Waals surface area contributed by atoms with Crippen LogP contribution in [0.15, 0.2) is 30.4 Å². The van der Waals surface area contributed by atoms with Crippen LogP contribution in [0.25, 0.3) is 0 Å². The van der Waals surface area contributed by atoms with E-state index in [1.165, 1.54) is 0 Å². The third-order valence-corrected chi connectivity index (χ3v) is 4.15. The Kier molecular flexibility index (Phi) is 3.47. The number of ether oxygens (including phenoxy) is 2. The predicted octanol–water partition coefficient (Wildman–Crippen LogP) is 3.24. The van der Waals surface area contributed by atoms with Crippen molar-refractivity contribution in [3.63, 3.8) is 0 Å². The van der Waals surface area contributed by atoms with Gasteiger partial charge in [-0.15, -0.1) is 0 Å². The molecule has 0 amide bonds. The van der Waals surface area contributed by atoms with E-state index in [1.807, 2.05) is 18.2 Å². The average molecular weight is 260 g/mol. The lowest BCUT2D eigenvalue weighted by Gasteiger charge is -2.35. The summed E-state index contributed by atoms with van der Waals surface area (Å²) in [6.45, 7) is 0. The Bertz CT molecular complexity index is 481. The number of allylic oxidation sites excluding steroid dienone is 2. The van der Waals surface area contributed by atoms with Crippen LogP contribution in [0.3, 0.4) is 0 Å². The first-order chi connectivity index (χ1) is 9.28. The summed E-state index contributed by atoms with van der Waals surface area (Å²) in [7, 11) is 1.63. The van der Waals surface area contributed by atoms with Crippen molar-refractivity contribution in [3.8, 4) is 11.5 Å². The topological polar surface area (TPSA) is 38.7 Å². The highest BCUT2D eigenvalue weighted by Gasteiger charge is 2.32. The number of hydrogen-bond donors (Lipinski definition) is 1. The first kappa shape index (κ1) is 12.5. The fraction of sp³-hybridized carbons (Fsp3) is 0.500. The van der Waals surface area contributed by atoms with E-state index < -0.39 is 6.10 Å². The number of aliphatic hydroxyl groups excluding tert-OH is 1. The third-order valence-electron chi connectivity index (χ3n) is 4.15. The molecule has 3 atom stereocenters. The predicted molar refractivity (Wildman–Crippen MR) is 73.5 cm³/mol. The van der Waals surface area contributed by atoms with Gasteiger partial charge in [0.2, 0.25) is 0 Å². The van der Waals surface area contributed by atoms with Crippen LogP contribution >= 0.6 is 0 Å². The number of fused-ring (bicyclic) bond motifs is 1. The van der Waals surface area contributed by atoms with Crippen molar-refractivity contribution in [3.05, 3.63) is 35.9 Å². The van der Waals surface area contributed by atoms with Crippen LogP contribution in [-0.2, 0) is 0 Å². The molecule has 102 valence electrons. The van der Waals surface area contributed by atoms with Gasteiger partial charge in [-0.1, -0.05) is 12.2 Å². The van der Waals surface area contributed by atoms with E-state index in [0.29, 0.717) is 12.3 Å². The SMILES string of the molecule is COc1ccc2c(c1)[C@@H](O)CC(C1CC=CCC1)O2. The van der Waals surface area contributed by atoms with Crippen molar-refractivity contribution >= 4 is 0 Å². The van der Waals surface area contributed by atoms with Gasteiger partial charge in [0.15, 0.2) is 0 Å². The maximum absolute atomic E-state index is 10.3. The zero-order chi connectivity index (χ0) is 13.2. The highest BCUT2D eigenvalue weighted by atomic mass is 16.5. The highest BCUT2D eigenvalue weighted by Crippen LogP contribution is 2.40. The zero-order valence-corrected chi connectivity index (χ0v) is 11.2. The van der Waals surface area contributed by atoms with Gasteiger partial charge in [-0.05, 0) is 43.4 Å². The Labute approximate surface area is 113 Å². The summed E-state index contributed by atoms with van der Waals surface area (Å²) in [5.41, 5.74) is 0.849. The molecule has 3 nitrogen and oxygen atoms in total. The smallest absolute Gasteiger partial charge is 0.125 e. The molecular weight excluding hydrogens is 240 g/mol. The van der Waals surface area contributed by atoms with Gasteiger partial charge in [0.05, 0.1) is 13.2 Å². The third kappa shape index (κ3) is 2.47. The molecule has 19 heavy (non-hydrogen) atoms. The normalized spacial score (nSPS) is 29.5. The second kappa shape index (κ2) is 5.25. The lowest BCUT2D eigenvalue weighted by Crippen LogP contribution is -2.33. The van der Waals surface area contributed by atoms with Crippen LogP contribution in [0.2, 0.25) is 0 Å². The van der Waals surface area contributed by atoms with Gasteiger partial charge in [-0.25, -0.2) is 0 Å². The molecule has 1 heterocycles. The summed E-state index contributed by atoms with van der Waals surface area (Å²) in [6, 6.07) is 5.66. The second-order valence-electron chi connectivity index (χ2n) is 5.36. The van der Waals surface area contributed by atoms with Crippen molar-refractivity contribution in [2.45, 2.75) is 37.9 Å². The molecule has 0 fully saturated rings. The Balaban J connectivity index is 1.81. The maximum atomic E-state index is 10.3. The Morgan fingerprint density at radius 2 is 2.21 bits per heavy atom. The highest BCUT2D eigenvalue weighted by molar-refractivity contribution is 5.43. The molecule has 1 aliphatic carbocycles. The lowest BCUT2D eigenvalue weighted by atomic mass is 9.84. The van der Waals surface area contributed by atoms with Crippen LogP contribution in [-0.4, -0.2) is 18.3 Å². The summed E-state index contributed by atoms with van der Waals surface area (Å²) >= 11 is 0. The minimum Gasteiger partial charge on any atom is -0.497 e. The molecule has 1 aliphatic heterocycles. The lowest BCUT2D eigenvalue weighted by molar-refractivity contribution is 0.0312. The van der Waals surface area contributed by atoms with Crippen LogP contribution in [0.4, 0.5) is 0 Å². The Morgan fingerprint density at radius 1 is 1.32 bits per heavy atom. The van der Waals surface area contributed by atoms with E-state index in [4.69, 9.17) is 9.47 Å². The van der Waals surface area contributed by atoms with Crippen molar-refractivity contribution in [1.82, 2.24) is 0 Å². The molecule has 1 aromatic rings. The summed E-state index contributed by atoms with van der Waals surface area (Å²) in [4.78, 5) is 0. The van der Waals surface area contributed by atoms with Gasteiger partial charge in [0, 0.05) is 12.0 Å². The van der Waals surface area contributed by atoms with Gasteiger partial charge in [0.1, 0.15) is 17.6 Å². The largest absolute Gasteiger partial charge is 0.497 e. The van der Waals surface area contributed by atoms with Gasteiger partial charge >= 0.3 is 0 Å². The summed E-state index contributed by atoms with van der Waals surface area (Å²) < 4.78 is 11.3. The molecule has 0 bridgehead atoms. The van der Waals surface area contributed by atoms with Gasteiger partial charge < -0.3 is 14.6 Å². The number of methoxy groups -OCH3 is 1. The molecule has 0 spiro atoms. The minimum atomic E-state index is -0.449. The molecular formula is C16H20O3. The molecule has 1 N–H and O–H groups in total. The number of rotatable bonds is 2. The first-order valence-corrected chi connectivity index (χ1v) is 6.95. The van der Waals surface area contributed by atoms with Crippen LogP contribution in [0, 0.1) is 5.92 Å². The minimum absolute atomic E-state index is 0.126. The van der Waals surface area contributed by atoms with E-state index in [-0.39, 0.29) is 6.10 Å². The van der Waals surface area contributed by atoms with Crippen molar-refractivity contribution in [2.24, 2.45) is 5.92 Å². The van der Waals surface area contributed by atoms with Crippen LogP contribution < -0.4 is 9.47 Å². The van der Waals surface area contributed by atoms with E-state index in [1.54, 1.807) is 7.11 Å². The molecule has 2 aliphatic rings. The van der Waals surface area contributed by atoms with Crippen molar-refractivity contribution in [2.75, 3.05) is 7.11 Å². The van der Waals surface area contributed by atoms with Crippen LogP contribution in [0.1, 0.15) is 37.4 Å². The summed E-state index contributed by atoms with van der Waals surface area (Å²) in [5.74, 6) is 2.09. The van der Waals surface area contributed by atoms with E-state index in [9.17, 15) is 5.11 Å². The quantitative estimate of drug-likeness (QED) is 0.830. The standard InChI is InChI=1S/C16H20O3/c1-18-12-7-8-15-13(9-12)14(17)10-16(19-15)11-5-3-2-4-6-11/h2-3,7-9,11,14,16-17H,4-6,10H2,1H3/t11?,14-,16?/m0/s1. The molecule has 3 rings (SSSR count). The Hall–Kier alpha value is -1.48. The molecule has 3 heteroatoms. The van der Waals surface area contributed by atoms with Crippen molar-refractivity contribution < 1.29 is 14.6 Å². The fourth-order valence-electron chi connectivity index (χ4n) is 3.02. The average Bonchev–Trinajstić information content (AvgIpc) is 2.48. The van der Waals surface area contributed by atoms with Crippen molar-refractivity contribution in [1.29, 1.82) is 0 Å². The molecule has 0 radical (unpaired) electrons. The van der Waals surface area contributed by atoms with Gasteiger partial charge in [0.25, 0.3) is 0 Å². The zero-order valence-electron chi connectivity index (χ0n) is 11.2. The fourth-order valence-corrected chi connectivity index (χ4v) is 3.02. The number of benzene rings is 1. The maximum Gasteiger partial charge on any atom is 0.125 e.